The lowest BCUT2D eigenvalue weighted by molar-refractivity contribution is 0.156. The number of azide groups is 1. The van der Waals surface area contributed by atoms with Gasteiger partial charge in [-0.3, -0.25) is 0 Å². The minimum absolute atomic E-state index is 0.00659. The van der Waals surface area contributed by atoms with Crippen molar-refractivity contribution in [3.63, 3.8) is 0 Å². The van der Waals surface area contributed by atoms with Crippen molar-refractivity contribution in [3.8, 4) is 11.3 Å². The first-order chi connectivity index (χ1) is 15.3. The summed E-state index contributed by atoms with van der Waals surface area (Å²) in [7, 11) is 0. The lowest BCUT2D eigenvalue weighted by Crippen LogP contribution is -2.39. The van der Waals surface area contributed by atoms with Crippen molar-refractivity contribution >= 4 is 0 Å². The van der Waals surface area contributed by atoms with Gasteiger partial charge in [0, 0.05) is 29.8 Å². The number of hydrogen-bond donors (Lipinski definition) is 2. The molecule has 0 spiro atoms. The highest BCUT2D eigenvalue weighted by molar-refractivity contribution is 5.58. The first-order valence-corrected chi connectivity index (χ1v) is 10.6. The third kappa shape index (κ3) is 6.17. The average molecular weight is 437 g/mol. The van der Waals surface area contributed by atoms with Crippen LogP contribution in [0, 0.1) is 11.2 Å². The molecule has 0 fully saturated rings. The Morgan fingerprint density at radius 3 is 2.59 bits per heavy atom. The molecule has 7 nitrogen and oxygen atoms in total. The van der Waals surface area contributed by atoms with Crippen LogP contribution in [0.25, 0.3) is 21.7 Å². The molecule has 2 aromatic carbocycles. The summed E-state index contributed by atoms with van der Waals surface area (Å²) in [5, 5.41) is 17.0. The molecule has 168 valence electrons. The van der Waals surface area contributed by atoms with E-state index in [2.05, 4.69) is 52.8 Å². The van der Waals surface area contributed by atoms with Gasteiger partial charge in [-0.05, 0) is 28.6 Å². The summed E-state index contributed by atoms with van der Waals surface area (Å²) in [6.07, 6.45) is 1.13. The molecule has 0 amide bonds. The number of aromatic nitrogens is 2. The Morgan fingerprint density at radius 1 is 1.19 bits per heavy atom. The topological polar surface area (TPSA) is 98.8 Å². The van der Waals surface area contributed by atoms with Crippen LogP contribution in [0.15, 0.2) is 65.9 Å². The second kappa shape index (κ2) is 10.4. The van der Waals surface area contributed by atoms with Crippen LogP contribution in [0.1, 0.15) is 38.2 Å². The minimum Gasteiger partial charge on any atom is -0.392 e. The minimum atomic E-state index is -0.809. The quantitative estimate of drug-likeness (QED) is 0.278. The molecule has 32 heavy (non-hydrogen) atoms. The number of rotatable bonds is 9. The van der Waals surface area contributed by atoms with E-state index >= 15 is 0 Å². The monoisotopic (exact) mass is 436 g/mol. The molecule has 0 radical (unpaired) electrons. The molecule has 1 aromatic heterocycles. The molecule has 0 bridgehead atoms. The van der Waals surface area contributed by atoms with Gasteiger partial charge in [0.05, 0.1) is 24.4 Å². The highest BCUT2D eigenvalue weighted by Crippen LogP contribution is 2.34. The first-order valence-electron chi connectivity index (χ1n) is 10.6. The van der Waals surface area contributed by atoms with Gasteiger partial charge in [0.15, 0.2) is 0 Å². The maximum absolute atomic E-state index is 13.9. The van der Waals surface area contributed by atoms with Crippen molar-refractivity contribution in [3.05, 3.63) is 88.4 Å². The molecule has 8 heteroatoms. The molecular formula is C24H29FN6O. The third-order valence-corrected chi connectivity index (χ3v) is 5.16. The molecule has 0 saturated carbocycles. The largest absolute Gasteiger partial charge is 0.392 e. The zero-order chi connectivity index (χ0) is 23.1. The van der Waals surface area contributed by atoms with Gasteiger partial charge < -0.3 is 15.0 Å². The smallest absolute Gasteiger partial charge is 0.127 e. The van der Waals surface area contributed by atoms with Crippen LogP contribution >= 0.6 is 0 Å². The number of nitrogens with zero attached hydrogens (tertiary/aromatic N) is 5. The van der Waals surface area contributed by atoms with Gasteiger partial charge in [-0.2, -0.15) is 0 Å². The van der Waals surface area contributed by atoms with Crippen LogP contribution < -0.4 is 5.32 Å². The van der Waals surface area contributed by atoms with Gasteiger partial charge in [-0.15, -0.1) is 0 Å². The summed E-state index contributed by atoms with van der Waals surface area (Å²) in [6, 6.07) is 16.2. The number of nitrogens with one attached hydrogen (secondary N) is 1. The van der Waals surface area contributed by atoms with E-state index in [1.165, 1.54) is 12.1 Å². The van der Waals surface area contributed by atoms with Crippen LogP contribution in [0.2, 0.25) is 0 Å². The third-order valence-electron chi connectivity index (χ3n) is 5.16. The second-order valence-corrected chi connectivity index (χ2v) is 8.88. The number of halogens is 1. The fourth-order valence-corrected chi connectivity index (χ4v) is 3.59. The molecular weight excluding hydrogens is 407 g/mol. The Labute approximate surface area is 187 Å². The molecule has 2 atom stereocenters. The maximum Gasteiger partial charge on any atom is 0.127 e. The van der Waals surface area contributed by atoms with Crippen molar-refractivity contribution in [2.45, 2.75) is 39.5 Å². The lowest BCUT2D eigenvalue weighted by atomic mass is 9.86. The van der Waals surface area contributed by atoms with Crippen LogP contribution in [-0.2, 0) is 6.54 Å². The van der Waals surface area contributed by atoms with E-state index in [1.807, 2.05) is 30.5 Å². The Hall–Kier alpha value is -3.19. The van der Waals surface area contributed by atoms with E-state index in [1.54, 1.807) is 6.07 Å². The number of hydrogen-bond acceptors (Lipinski definition) is 4. The Balaban J connectivity index is 2.00. The molecule has 1 heterocycles. The van der Waals surface area contributed by atoms with Gasteiger partial charge >= 0.3 is 0 Å². The first kappa shape index (κ1) is 23.5. The lowest BCUT2D eigenvalue weighted by Gasteiger charge is -2.32. The summed E-state index contributed by atoms with van der Waals surface area (Å²) in [5.74, 6) is 0.477. The van der Waals surface area contributed by atoms with Crippen LogP contribution in [0.4, 0.5) is 4.39 Å². The number of aliphatic hydroxyl groups excluding tert-OH is 1. The zero-order valence-electron chi connectivity index (χ0n) is 18.6. The highest BCUT2D eigenvalue weighted by Gasteiger charge is 2.31. The molecule has 0 saturated heterocycles. The van der Waals surface area contributed by atoms with Gasteiger partial charge in [-0.25, -0.2) is 9.37 Å². The normalized spacial score (nSPS) is 13.4. The van der Waals surface area contributed by atoms with E-state index in [-0.39, 0.29) is 30.4 Å². The van der Waals surface area contributed by atoms with E-state index in [0.29, 0.717) is 17.8 Å². The molecule has 0 aliphatic rings. The van der Waals surface area contributed by atoms with Crippen LogP contribution in [0.5, 0.6) is 0 Å². The number of aliphatic hydroxyl groups is 1. The molecule has 0 aliphatic carbocycles. The Morgan fingerprint density at radius 2 is 1.94 bits per heavy atom. The summed E-state index contributed by atoms with van der Waals surface area (Å²) in [4.78, 5) is 7.60. The summed E-state index contributed by atoms with van der Waals surface area (Å²) >= 11 is 0. The average Bonchev–Trinajstić information content (AvgIpc) is 3.15. The predicted molar refractivity (Wildman–Crippen MR) is 123 cm³/mol. The summed E-state index contributed by atoms with van der Waals surface area (Å²) < 4.78 is 15.9. The van der Waals surface area contributed by atoms with Gasteiger partial charge in [0.1, 0.15) is 11.6 Å². The van der Waals surface area contributed by atoms with Crippen molar-refractivity contribution in [2.75, 3.05) is 13.1 Å². The molecule has 0 unspecified atom stereocenters. The maximum atomic E-state index is 13.9. The molecule has 3 aromatic rings. The summed E-state index contributed by atoms with van der Waals surface area (Å²) in [5.41, 5.74) is 10.8. The van der Waals surface area contributed by atoms with Crippen molar-refractivity contribution in [2.24, 2.45) is 10.5 Å². The van der Waals surface area contributed by atoms with Gasteiger partial charge in [0.25, 0.3) is 0 Å². The molecule has 0 aliphatic heterocycles. The fraction of sp³-hybridized carbons (Fsp3) is 0.375. The van der Waals surface area contributed by atoms with E-state index < -0.39 is 6.10 Å². The van der Waals surface area contributed by atoms with E-state index in [9.17, 15) is 9.50 Å². The number of benzene rings is 2. The Kier molecular flexibility index (Phi) is 7.64. The van der Waals surface area contributed by atoms with Crippen LogP contribution in [-0.4, -0.2) is 33.9 Å². The SMILES string of the molecule is CC(C)(C)[C@@H](NC[C@H](O)CN=[N+]=[N-])c1nc(-c2cccc(F)c2)cn1Cc1ccccc1. The van der Waals surface area contributed by atoms with E-state index in [4.69, 9.17) is 10.5 Å². The van der Waals surface area contributed by atoms with Gasteiger partial charge in [-0.1, -0.05) is 68.4 Å². The fourth-order valence-electron chi connectivity index (χ4n) is 3.59. The number of imidazole rings is 1. The standard InChI is InChI=1S/C24H29FN6O/c1-24(2,3)22(27-13-20(32)14-28-30-26)23-29-21(18-10-7-11-19(25)12-18)16-31(23)15-17-8-5-4-6-9-17/h4-12,16,20,22,27,32H,13-15H2,1-3H3/t20-,22-/m0/s1. The van der Waals surface area contributed by atoms with Crippen LogP contribution in [0.3, 0.4) is 0 Å². The van der Waals surface area contributed by atoms with Gasteiger partial charge in [0.2, 0.25) is 0 Å². The highest BCUT2D eigenvalue weighted by atomic mass is 19.1. The zero-order valence-corrected chi connectivity index (χ0v) is 18.6. The van der Waals surface area contributed by atoms with Crippen molar-refractivity contribution in [1.82, 2.24) is 14.9 Å². The summed E-state index contributed by atoms with van der Waals surface area (Å²) in [6.45, 7) is 7.12. The second-order valence-electron chi connectivity index (χ2n) is 8.88. The van der Waals surface area contributed by atoms with Crippen molar-refractivity contribution < 1.29 is 9.50 Å². The molecule has 2 N–H and O–H groups in total. The molecule has 3 rings (SSSR count). The van der Waals surface area contributed by atoms with E-state index in [0.717, 1.165) is 11.4 Å². The Bertz CT molecular complexity index is 1070. The van der Waals surface area contributed by atoms with Crippen molar-refractivity contribution in [1.29, 1.82) is 0 Å². The predicted octanol–water partition coefficient (Wildman–Crippen LogP) is 5.09.